The van der Waals surface area contributed by atoms with E-state index in [0.29, 0.717) is 11.5 Å². The van der Waals surface area contributed by atoms with Crippen molar-refractivity contribution in [1.82, 2.24) is 0 Å². The van der Waals surface area contributed by atoms with Gasteiger partial charge in [-0.15, -0.1) is 11.3 Å². The van der Waals surface area contributed by atoms with Crippen LogP contribution in [0.15, 0.2) is 18.2 Å². The zero-order chi connectivity index (χ0) is 16.3. The Morgan fingerprint density at radius 1 is 1.14 bits per heavy atom. The fraction of sp³-hybridized carbons (Fsp3) is 0.353. The van der Waals surface area contributed by atoms with Crippen LogP contribution in [0.25, 0.3) is 0 Å². The number of carbonyl (C=O) groups is 1. The summed E-state index contributed by atoms with van der Waals surface area (Å²) in [6.45, 7) is 6.06. The van der Waals surface area contributed by atoms with E-state index in [4.69, 9.17) is 9.47 Å². The van der Waals surface area contributed by atoms with Crippen molar-refractivity contribution in [3.63, 3.8) is 0 Å². The van der Waals surface area contributed by atoms with Crippen LogP contribution in [0.1, 0.15) is 32.6 Å². The topological polar surface area (TPSA) is 47.6 Å². The Labute approximate surface area is 135 Å². The van der Waals surface area contributed by atoms with Gasteiger partial charge in [0, 0.05) is 16.6 Å². The maximum Gasteiger partial charge on any atom is 0.265 e. The minimum absolute atomic E-state index is 0.0943. The summed E-state index contributed by atoms with van der Waals surface area (Å²) >= 11 is 1.52. The van der Waals surface area contributed by atoms with Gasteiger partial charge in [0.15, 0.2) is 11.5 Å². The Kier molecular flexibility index (Phi) is 5.08. The van der Waals surface area contributed by atoms with E-state index in [-0.39, 0.29) is 5.91 Å². The second-order valence-corrected chi connectivity index (χ2v) is 6.28. The van der Waals surface area contributed by atoms with Crippen molar-refractivity contribution >= 4 is 22.9 Å². The molecular formula is C17H21NO3S. The van der Waals surface area contributed by atoms with E-state index in [1.54, 1.807) is 20.3 Å². The predicted octanol–water partition coefficient (Wildman–Crippen LogP) is 4.20. The number of aryl methyl sites for hydroxylation is 3. The van der Waals surface area contributed by atoms with Gasteiger partial charge in [0.1, 0.15) is 0 Å². The van der Waals surface area contributed by atoms with Crippen molar-refractivity contribution in [1.29, 1.82) is 0 Å². The number of amides is 1. The van der Waals surface area contributed by atoms with Gasteiger partial charge in [-0.2, -0.15) is 0 Å². The molecular weight excluding hydrogens is 298 g/mol. The molecule has 0 radical (unpaired) electrons. The molecule has 118 valence electrons. The average Bonchev–Trinajstić information content (AvgIpc) is 2.89. The lowest BCUT2D eigenvalue weighted by molar-refractivity contribution is 0.103. The molecule has 1 heterocycles. The number of methoxy groups -OCH3 is 2. The molecule has 0 saturated heterocycles. The first kappa shape index (κ1) is 16.4. The molecule has 0 aliphatic heterocycles. The van der Waals surface area contributed by atoms with Crippen molar-refractivity contribution in [2.45, 2.75) is 27.2 Å². The highest BCUT2D eigenvalue weighted by Gasteiger charge is 2.15. The van der Waals surface area contributed by atoms with Gasteiger partial charge in [-0.05, 0) is 43.5 Å². The number of nitrogens with one attached hydrogen (secondary N) is 1. The highest BCUT2D eigenvalue weighted by atomic mass is 32.1. The van der Waals surface area contributed by atoms with Gasteiger partial charge in [0.05, 0.1) is 19.1 Å². The monoisotopic (exact) mass is 319 g/mol. The SMILES string of the molecule is CCc1cc(C(=O)Nc2cc(OC)c(OC)cc2C)sc1C. The Morgan fingerprint density at radius 3 is 2.32 bits per heavy atom. The van der Waals surface area contributed by atoms with Gasteiger partial charge in [0.2, 0.25) is 0 Å². The third-order valence-electron chi connectivity index (χ3n) is 3.60. The quantitative estimate of drug-likeness (QED) is 0.898. The molecule has 0 saturated carbocycles. The number of benzene rings is 1. The van der Waals surface area contributed by atoms with E-state index in [1.165, 1.54) is 21.8 Å². The highest BCUT2D eigenvalue weighted by molar-refractivity contribution is 7.14. The molecule has 2 aromatic rings. The summed E-state index contributed by atoms with van der Waals surface area (Å²) in [5.74, 6) is 1.15. The van der Waals surface area contributed by atoms with Crippen molar-refractivity contribution in [3.8, 4) is 11.5 Å². The van der Waals surface area contributed by atoms with Gasteiger partial charge in [-0.1, -0.05) is 6.92 Å². The summed E-state index contributed by atoms with van der Waals surface area (Å²) < 4.78 is 10.5. The highest BCUT2D eigenvalue weighted by Crippen LogP contribution is 2.33. The third kappa shape index (κ3) is 3.25. The number of ether oxygens (including phenoxy) is 2. The number of carbonyl (C=O) groups excluding carboxylic acids is 1. The zero-order valence-electron chi connectivity index (χ0n) is 13.6. The van der Waals surface area contributed by atoms with E-state index < -0.39 is 0 Å². The predicted molar refractivity (Wildman–Crippen MR) is 90.7 cm³/mol. The van der Waals surface area contributed by atoms with Crippen LogP contribution in [0.5, 0.6) is 11.5 Å². The van der Waals surface area contributed by atoms with Gasteiger partial charge in [0.25, 0.3) is 5.91 Å². The molecule has 0 bridgehead atoms. The maximum absolute atomic E-state index is 12.4. The standard InChI is InChI=1S/C17H21NO3S/c1-6-12-8-16(22-11(12)3)17(19)18-13-9-15(21-5)14(20-4)7-10(13)2/h7-9H,6H2,1-5H3,(H,18,19). The molecule has 5 heteroatoms. The summed E-state index contributed by atoms with van der Waals surface area (Å²) in [4.78, 5) is 14.3. The number of anilines is 1. The minimum atomic E-state index is -0.0943. The van der Waals surface area contributed by atoms with Crippen LogP contribution in [-0.4, -0.2) is 20.1 Å². The van der Waals surface area contributed by atoms with Crippen LogP contribution >= 0.6 is 11.3 Å². The number of rotatable bonds is 5. The fourth-order valence-corrected chi connectivity index (χ4v) is 3.29. The van der Waals surface area contributed by atoms with E-state index in [1.807, 2.05) is 26.0 Å². The number of hydrogen-bond donors (Lipinski definition) is 1. The van der Waals surface area contributed by atoms with Gasteiger partial charge < -0.3 is 14.8 Å². The first-order valence-corrected chi connectivity index (χ1v) is 7.95. The molecule has 0 aliphatic carbocycles. The van der Waals surface area contributed by atoms with Crippen molar-refractivity contribution < 1.29 is 14.3 Å². The van der Waals surface area contributed by atoms with Crippen LogP contribution < -0.4 is 14.8 Å². The first-order chi connectivity index (χ1) is 10.5. The molecule has 22 heavy (non-hydrogen) atoms. The normalized spacial score (nSPS) is 10.4. The van der Waals surface area contributed by atoms with Gasteiger partial charge >= 0.3 is 0 Å². The molecule has 1 N–H and O–H groups in total. The molecule has 0 fully saturated rings. The molecule has 2 rings (SSSR count). The lowest BCUT2D eigenvalue weighted by atomic mass is 10.1. The Morgan fingerprint density at radius 2 is 1.77 bits per heavy atom. The van der Waals surface area contributed by atoms with Crippen LogP contribution in [0, 0.1) is 13.8 Å². The number of hydrogen-bond acceptors (Lipinski definition) is 4. The Hall–Kier alpha value is -2.01. The van der Waals surface area contributed by atoms with Crippen LogP contribution in [-0.2, 0) is 6.42 Å². The van der Waals surface area contributed by atoms with Gasteiger partial charge in [-0.25, -0.2) is 0 Å². The minimum Gasteiger partial charge on any atom is -0.493 e. The van der Waals surface area contributed by atoms with Gasteiger partial charge in [-0.3, -0.25) is 4.79 Å². The third-order valence-corrected chi connectivity index (χ3v) is 4.70. The molecule has 1 amide bonds. The first-order valence-electron chi connectivity index (χ1n) is 7.13. The van der Waals surface area contributed by atoms with Crippen LogP contribution in [0.3, 0.4) is 0 Å². The van der Waals surface area contributed by atoms with Crippen LogP contribution in [0.4, 0.5) is 5.69 Å². The van der Waals surface area contributed by atoms with E-state index in [2.05, 4.69) is 12.2 Å². The Bertz CT molecular complexity index is 691. The fourth-order valence-electron chi connectivity index (χ4n) is 2.28. The molecule has 0 spiro atoms. The Balaban J connectivity index is 2.27. The number of thiophene rings is 1. The second-order valence-electron chi connectivity index (χ2n) is 5.02. The average molecular weight is 319 g/mol. The molecule has 0 unspecified atom stereocenters. The lowest BCUT2D eigenvalue weighted by Gasteiger charge is -2.13. The molecule has 1 aromatic carbocycles. The summed E-state index contributed by atoms with van der Waals surface area (Å²) in [5.41, 5.74) is 2.88. The summed E-state index contributed by atoms with van der Waals surface area (Å²) in [6.07, 6.45) is 0.936. The molecule has 1 aromatic heterocycles. The van der Waals surface area contributed by atoms with E-state index in [0.717, 1.165) is 22.5 Å². The zero-order valence-corrected chi connectivity index (χ0v) is 14.4. The summed E-state index contributed by atoms with van der Waals surface area (Å²) in [5, 5.41) is 2.95. The summed E-state index contributed by atoms with van der Waals surface area (Å²) in [6, 6.07) is 5.60. The van der Waals surface area contributed by atoms with Crippen molar-refractivity contribution in [2.24, 2.45) is 0 Å². The summed E-state index contributed by atoms with van der Waals surface area (Å²) in [7, 11) is 3.17. The molecule has 0 aliphatic rings. The van der Waals surface area contributed by atoms with Crippen molar-refractivity contribution in [2.75, 3.05) is 19.5 Å². The maximum atomic E-state index is 12.4. The molecule has 0 atom stereocenters. The second kappa shape index (κ2) is 6.83. The lowest BCUT2D eigenvalue weighted by Crippen LogP contribution is -2.11. The molecule has 4 nitrogen and oxygen atoms in total. The largest absolute Gasteiger partial charge is 0.493 e. The van der Waals surface area contributed by atoms with Crippen molar-refractivity contribution in [3.05, 3.63) is 39.1 Å². The van der Waals surface area contributed by atoms with Crippen LogP contribution in [0.2, 0.25) is 0 Å². The smallest absolute Gasteiger partial charge is 0.265 e. The van der Waals surface area contributed by atoms with E-state index >= 15 is 0 Å². The van der Waals surface area contributed by atoms with E-state index in [9.17, 15) is 4.79 Å².